The van der Waals surface area contributed by atoms with E-state index in [1.54, 1.807) is 12.1 Å². The number of rotatable bonds is 4. The molecule has 0 bridgehead atoms. The molecule has 6 heteroatoms. The molecular formula is C18H24FN3O2. The number of primary amides is 1. The number of carbonyl (C=O) groups is 2. The lowest BCUT2D eigenvalue weighted by Gasteiger charge is -2.35. The van der Waals surface area contributed by atoms with Crippen molar-refractivity contribution in [2.24, 2.45) is 11.7 Å². The quantitative estimate of drug-likeness (QED) is 0.912. The first kappa shape index (κ1) is 16.9. The summed E-state index contributed by atoms with van der Waals surface area (Å²) in [5.41, 5.74) is 6.26. The molecule has 130 valence electrons. The van der Waals surface area contributed by atoms with E-state index in [2.05, 4.69) is 0 Å². The molecule has 5 nitrogen and oxygen atoms in total. The van der Waals surface area contributed by atoms with Crippen molar-refractivity contribution in [2.45, 2.75) is 31.7 Å². The van der Waals surface area contributed by atoms with Crippen LogP contribution in [0.15, 0.2) is 24.3 Å². The Hall–Kier alpha value is -1.95. The fourth-order valence-corrected chi connectivity index (χ4v) is 3.92. The molecule has 2 fully saturated rings. The minimum Gasteiger partial charge on any atom is -0.369 e. The maximum Gasteiger partial charge on any atom is 0.231 e. The minimum absolute atomic E-state index is 0.0321. The summed E-state index contributed by atoms with van der Waals surface area (Å²) in [7, 11) is 0. The second kappa shape index (κ2) is 7.30. The summed E-state index contributed by atoms with van der Waals surface area (Å²) in [6.45, 7) is 2.36. The number of amides is 2. The van der Waals surface area contributed by atoms with Crippen LogP contribution in [0.5, 0.6) is 0 Å². The molecule has 1 aromatic carbocycles. The van der Waals surface area contributed by atoms with E-state index in [0.717, 1.165) is 44.3 Å². The SMILES string of the molecule is NC(=O)CN1CCCC(C(=O)N2CCCC2c2ccc(F)cc2)C1. The molecule has 2 atom stereocenters. The molecular weight excluding hydrogens is 309 g/mol. The van der Waals surface area contributed by atoms with E-state index in [-0.39, 0.29) is 36.1 Å². The zero-order chi connectivity index (χ0) is 17.1. The molecule has 2 aliphatic heterocycles. The van der Waals surface area contributed by atoms with Crippen molar-refractivity contribution in [3.63, 3.8) is 0 Å². The van der Waals surface area contributed by atoms with Gasteiger partial charge < -0.3 is 10.6 Å². The van der Waals surface area contributed by atoms with Crippen molar-refractivity contribution in [3.05, 3.63) is 35.6 Å². The van der Waals surface area contributed by atoms with Gasteiger partial charge in [0.25, 0.3) is 0 Å². The normalized spacial score (nSPS) is 25.0. The van der Waals surface area contributed by atoms with Crippen molar-refractivity contribution in [1.82, 2.24) is 9.80 Å². The average molecular weight is 333 g/mol. The summed E-state index contributed by atoms with van der Waals surface area (Å²) < 4.78 is 13.1. The number of hydrogen-bond donors (Lipinski definition) is 1. The van der Waals surface area contributed by atoms with Gasteiger partial charge in [0.15, 0.2) is 0 Å². The molecule has 2 unspecified atom stereocenters. The van der Waals surface area contributed by atoms with Gasteiger partial charge in [0.05, 0.1) is 18.5 Å². The zero-order valence-corrected chi connectivity index (χ0v) is 13.8. The monoisotopic (exact) mass is 333 g/mol. The van der Waals surface area contributed by atoms with E-state index in [9.17, 15) is 14.0 Å². The number of nitrogens with two attached hydrogens (primary N) is 1. The smallest absolute Gasteiger partial charge is 0.231 e. The van der Waals surface area contributed by atoms with Crippen LogP contribution in [0.1, 0.15) is 37.3 Å². The molecule has 0 spiro atoms. The Morgan fingerprint density at radius 1 is 1.12 bits per heavy atom. The predicted octanol–water partition coefficient (Wildman–Crippen LogP) is 1.69. The molecule has 2 saturated heterocycles. The van der Waals surface area contributed by atoms with Gasteiger partial charge in [-0.1, -0.05) is 12.1 Å². The fraction of sp³-hybridized carbons (Fsp3) is 0.556. The van der Waals surface area contributed by atoms with Gasteiger partial charge in [0.1, 0.15) is 5.82 Å². The van der Waals surface area contributed by atoms with E-state index in [1.165, 1.54) is 12.1 Å². The lowest BCUT2D eigenvalue weighted by atomic mass is 9.95. The molecule has 0 aliphatic carbocycles. The summed E-state index contributed by atoms with van der Waals surface area (Å²) in [6.07, 6.45) is 3.63. The Bertz CT molecular complexity index is 605. The van der Waals surface area contributed by atoms with Gasteiger partial charge >= 0.3 is 0 Å². The summed E-state index contributed by atoms with van der Waals surface area (Å²) in [4.78, 5) is 28.0. The first-order valence-electron chi connectivity index (χ1n) is 8.61. The van der Waals surface area contributed by atoms with Gasteiger partial charge in [-0.25, -0.2) is 4.39 Å². The third-order valence-corrected chi connectivity index (χ3v) is 5.02. The highest BCUT2D eigenvalue weighted by Gasteiger charge is 2.35. The summed E-state index contributed by atoms with van der Waals surface area (Å²) in [6, 6.07) is 6.47. The van der Waals surface area contributed by atoms with Crippen molar-refractivity contribution in [1.29, 1.82) is 0 Å². The highest BCUT2D eigenvalue weighted by Crippen LogP contribution is 2.34. The van der Waals surface area contributed by atoms with Crippen molar-refractivity contribution >= 4 is 11.8 Å². The molecule has 0 saturated carbocycles. The van der Waals surface area contributed by atoms with Gasteiger partial charge in [-0.15, -0.1) is 0 Å². The summed E-state index contributed by atoms with van der Waals surface area (Å²) in [5, 5.41) is 0. The first-order valence-corrected chi connectivity index (χ1v) is 8.61. The van der Waals surface area contributed by atoms with Crippen molar-refractivity contribution in [3.8, 4) is 0 Å². The van der Waals surface area contributed by atoms with Crippen LogP contribution >= 0.6 is 0 Å². The zero-order valence-electron chi connectivity index (χ0n) is 13.8. The average Bonchev–Trinajstić information content (AvgIpc) is 3.04. The third-order valence-electron chi connectivity index (χ3n) is 5.02. The number of likely N-dealkylation sites (tertiary alicyclic amines) is 2. The van der Waals surface area contributed by atoms with Crippen LogP contribution < -0.4 is 5.73 Å². The second-order valence-corrected chi connectivity index (χ2v) is 6.78. The third kappa shape index (κ3) is 3.75. The molecule has 0 radical (unpaired) electrons. The van der Waals surface area contributed by atoms with E-state index < -0.39 is 0 Å². The molecule has 2 aliphatic rings. The predicted molar refractivity (Wildman–Crippen MR) is 88.4 cm³/mol. The van der Waals surface area contributed by atoms with Gasteiger partial charge in [-0.3, -0.25) is 14.5 Å². The van der Waals surface area contributed by atoms with Crippen LogP contribution in [-0.4, -0.2) is 47.8 Å². The number of hydrogen-bond acceptors (Lipinski definition) is 3. The topological polar surface area (TPSA) is 66.6 Å². The maximum absolute atomic E-state index is 13.1. The lowest BCUT2D eigenvalue weighted by molar-refractivity contribution is -0.139. The minimum atomic E-state index is -0.353. The Morgan fingerprint density at radius 2 is 1.83 bits per heavy atom. The Balaban J connectivity index is 1.69. The molecule has 2 N–H and O–H groups in total. The van der Waals surface area contributed by atoms with Crippen LogP contribution in [0.2, 0.25) is 0 Å². The molecule has 2 heterocycles. The maximum atomic E-state index is 13.1. The van der Waals surface area contributed by atoms with Gasteiger partial charge in [0.2, 0.25) is 11.8 Å². The fourth-order valence-electron chi connectivity index (χ4n) is 3.92. The molecule has 0 aromatic heterocycles. The molecule has 2 amide bonds. The van der Waals surface area contributed by atoms with Crippen LogP contribution in [0.3, 0.4) is 0 Å². The molecule has 24 heavy (non-hydrogen) atoms. The largest absolute Gasteiger partial charge is 0.369 e. The van der Waals surface area contributed by atoms with E-state index in [1.807, 2.05) is 9.80 Å². The number of piperidine rings is 1. The van der Waals surface area contributed by atoms with Crippen molar-refractivity contribution in [2.75, 3.05) is 26.2 Å². The van der Waals surface area contributed by atoms with E-state index >= 15 is 0 Å². The summed E-state index contributed by atoms with van der Waals surface area (Å²) >= 11 is 0. The first-order chi connectivity index (χ1) is 11.5. The van der Waals surface area contributed by atoms with Crippen LogP contribution in [-0.2, 0) is 9.59 Å². The lowest BCUT2D eigenvalue weighted by Crippen LogP contribution is -2.46. The number of benzene rings is 1. The standard InChI is InChI=1S/C18H24FN3O2/c19-15-7-5-13(6-8-15)16-4-2-10-22(16)18(24)14-3-1-9-21(11-14)12-17(20)23/h5-8,14,16H,1-4,9-12H2,(H2,20,23). The van der Waals surface area contributed by atoms with Crippen molar-refractivity contribution < 1.29 is 14.0 Å². The Morgan fingerprint density at radius 3 is 2.54 bits per heavy atom. The van der Waals surface area contributed by atoms with E-state index in [0.29, 0.717) is 6.54 Å². The Kier molecular flexibility index (Phi) is 5.14. The highest BCUT2D eigenvalue weighted by molar-refractivity contribution is 5.80. The molecule has 1 aromatic rings. The van der Waals surface area contributed by atoms with E-state index in [4.69, 9.17) is 5.73 Å². The number of nitrogens with zero attached hydrogens (tertiary/aromatic N) is 2. The van der Waals surface area contributed by atoms with Crippen LogP contribution in [0.25, 0.3) is 0 Å². The Labute approximate surface area is 141 Å². The van der Waals surface area contributed by atoms with Gasteiger partial charge in [0, 0.05) is 13.1 Å². The molecule has 3 rings (SSSR count). The highest BCUT2D eigenvalue weighted by atomic mass is 19.1. The second-order valence-electron chi connectivity index (χ2n) is 6.78. The number of carbonyl (C=O) groups excluding carboxylic acids is 2. The van der Waals surface area contributed by atoms with Gasteiger partial charge in [-0.05, 0) is 49.9 Å². The van der Waals surface area contributed by atoms with Crippen LogP contribution in [0.4, 0.5) is 4.39 Å². The van der Waals surface area contributed by atoms with Gasteiger partial charge in [-0.2, -0.15) is 0 Å². The van der Waals surface area contributed by atoms with Crippen LogP contribution in [0, 0.1) is 11.7 Å². The number of halogens is 1. The summed E-state index contributed by atoms with van der Waals surface area (Å²) in [5.74, 6) is -0.549.